The summed E-state index contributed by atoms with van der Waals surface area (Å²) in [6.07, 6.45) is 2.86. The SMILES string of the molecule is O=C(O)CCCNC(=O)Nc1cccc(N2CCCCC2=O)c1. The molecule has 1 saturated heterocycles. The molecular formula is C16H21N3O4. The van der Waals surface area contributed by atoms with Crippen molar-refractivity contribution in [1.82, 2.24) is 5.32 Å². The number of hydrogen-bond acceptors (Lipinski definition) is 3. The molecule has 0 aliphatic carbocycles. The Morgan fingerprint density at radius 3 is 2.83 bits per heavy atom. The quantitative estimate of drug-likeness (QED) is 0.700. The van der Waals surface area contributed by atoms with E-state index in [1.54, 1.807) is 23.1 Å². The second kappa shape index (κ2) is 8.17. The van der Waals surface area contributed by atoms with E-state index in [0.717, 1.165) is 18.5 Å². The second-order valence-electron chi connectivity index (χ2n) is 5.43. The number of carbonyl (C=O) groups is 3. The molecule has 0 saturated carbocycles. The van der Waals surface area contributed by atoms with E-state index in [1.165, 1.54) is 0 Å². The number of aliphatic carboxylic acids is 1. The van der Waals surface area contributed by atoms with Gasteiger partial charge in [-0.3, -0.25) is 9.59 Å². The molecule has 7 heteroatoms. The van der Waals surface area contributed by atoms with Gasteiger partial charge in [0.15, 0.2) is 0 Å². The van der Waals surface area contributed by atoms with Crippen LogP contribution in [0.15, 0.2) is 24.3 Å². The molecule has 0 atom stereocenters. The highest BCUT2D eigenvalue weighted by molar-refractivity contribution is 5.95. The largest absolute Gasteiger partial charge is 0.481 e. The van der Waals surface area contributed by atoms with Crippen LogP contribution < -0.4 is 15.5 Å². The van der Waals surface area contributed by atoms with Crippen LogP contribution >= 0.6 is 0 Å². The molecule has 1 fully saturated rings. The summed E-state index contributed by atoms with van der Waals surface area (Å²) in [5, 5.41) is 13.8. The molecule has 3 amide bonds. The van der Waals surface area contributed by atoms with Gasteiger partial charge in [0.25, 0.3) is 0 Å². The smallest absolute Gasteiger partial charge is 0.319 e. The highest BCUT2D eigenvalue weighted by Crippen LogP contribution is 2.23. The van der Waals surface area contributed by atoms with Crippen LogP contribution in [0.3, 0.4) is 0 Å². The zero-order chi connectivity index (χ0) is 16.7. The summed E-state index contributed by atoms with van der Waals surface area (Å²) >= 11 is 0. The van der Waals surface area contributed by atoms with Crippen molar-refractivity contribution in [3.8, 4) is 0 Å². The fourth-order valence-electron chi connectivity index (χ4n) is 2.45. The van der Waals surface area contributed by atoms with Gasteiger partial charge in [0.05, 0.1) is 0 Å². The number of hydrogen-bond donors (Lipinski definition) is 3. The van der Waals surface area contributed by atoms with Crippen LogP contribution in [-0.4, -0.2) is 36.1 Å². The minimum Gasteiger partial charge on any atom is -0.481 e. The molecule has 7 nitrogen and oxygen atoms in total. The van der Waals surface area contributed by atoms with Gasteiger partial charge >= 0.3 is 12.0 Å². The van der Waals surface area contributed by atoms with E-state index in [1.807, 2.05) is 6.07 Å². The molecular weight excluding hydrogens is 298 g/mol. The Labute approximate surface area is 134 Å². The molecule has 0 unspecified atom stereocenters. The van der Waals surface area contributed by atoms with E-state index >= 15 is 0 Å². The van der Waals surface area contributed by atoms with Crippen molar-refractivity contribution in [3.05, 3.63) is 24.3 Å². The highest BCUT2D eigenvalue weighted by Gasteiger charge is 2.19. The Balaban J connectivity index is 1.88. The summed E-state index contributed by atoms with van der Waals surface area (Å²) in [6.45, 7) is 0.992. The van der Waals surface area contributed by atoms with E-state index in [-0.39, 0.29) is 12.3 Å². The fraction of sp³-hybridized carbons (Fsp3) is 0.438. The molecule has 1 aromatic rings. The van der Waals surface area contributed by atoms with Crippen LogP contribution in [0, 0.1) is 0 Å². The molecule has 2 rings (SSSR count). The third-order valence-electron chi connectivity index (χ3n) is 3.59. The number of carboxylic acid groups (broad SMARTS) is 1. The normalized spacial score (nSPS) is 14.4. The first-order chi connectivity index (χ1) is 11.1. The van der Waals surface area contributed by atoms with Crippen molar-refractivity contribution < 1.29 is 19.5 Å². The number of anilines is 2. The average molecular weight is 319 g/mol. The number of carbonyl (C=O) groups excluding carboxylic acids is 2. The topological polar surface area (TPSA) is 98.7 Å². The van der Waals surface area contributed by atoms with Crippen LogP contribution in [0.25, 0.3) is 0 Å². The van der Waals surface area contributed by atoms with Gasteiger partial charge in [0.2, 0.25) is 5.91 Å². The number of nitrogens with zero attached hydrogens (tertiary/aromatic N) is 1. The maximum atomic E-state index is 11.9. The van der Waals surface area contributed by atoms with Gasteiger partial charge in [-0.1, -0.05) is 6.07 Å². The van der Waals surface area contributed by atoms with Gasteiger partial charge in [-0.25, -0.2) is 4.79 Å². The predicted molar refractivity (Wildman–Crippen MR) is 86.5 cm³/mol. The third kappa shape index (κ3) is 5.28. The van der Waals surface area contributed by atoms with Gasteiger partial charge in [-0.05, 0) is 37.5 Å². The summed E-state index contributed by atoms with van der Waals surface area (Å²) in [4.78, 5) is 35.8. The summed E-state index contributed by atoms with van der Waals surface area (Å²) in [5.41, 5.74) is 1.37. The average Bonchev–Trinajstić information content (AvgIpc) is 2.52. The van der Waals surface area contributed by atoms with Crippen LogP contribution in [0.5, 0.6) is 0 Å². The Kier molecular flexibility index (Phi) is 5.96. The maximum absolute atomic E-state index is 11.9. The van der Waals surface area contributed by atoms with Gasteiger partial charge in [0, 0.05) is 37.3 Å². The van der Waals surface area contributed by atoms with Crippen molar-refractivity contribution >= 4 is 29.3 Å². The van der Waals surface area contributed by atoms with Crippen LogP contribution in [0.4, 0.5) is 16.2 Å². The number of rotatable bonds is 6. The van der Waals surface area contributed by atoms with Crippen molar-refractivity contribution in [2.75, 3.05) is 23.3 Å². The molecule has 0 spiro atoms. The lowest BCUT2D eigenvalue weighted by Gasteiger charge is -2.27. The lowest BCUT2D eigenvalue weighted by molar-refractivity contribution is -0.137. The zero-order valence-corrected chi connectivity index (χ0v) is 12.9. The van der Waals surface area contributed by atoms with Crippen molar-refractivity contribution in [2.24, 2.45) is 0 Å². The monoisotopic (exact) mass is 319 g/mol. The summed E-state index contributed by atoms with van der Waals surface area (Å²) < 4.78 is 0. The number of amides is 3. The van der Waals surface area contributed by atoms with Crippen LogP contribution in [-0.2, 0) is 9.59 Å². The summed E-state index contributed by atoms with van der Waals surface area (Å²) in [7, 11) is 0. The first kappa shape index (κ1) is 16.8. The minimum atomic E-state index is -0.883. The summed E-state index contributed by atoms with van der Waals surface area (Å²) in [5.74, 6) is -0.780. The molecule has 1 heterocycles. The molecule has 0 aromatic heterocycles. The Hall–Kier alpha value is -2.57. The third-order valence-corrected chi connectivity index (χ3v) is 3.59. The van der Waals surface area contributed by atoms with Gasteiger partial charge in [-0.15, -0.1) is 0 Å². The Morgan fingerprint density at radius 1 is 1.26 bits per heavy atom. The molecule has 1 aliphatic rings. The van der Waals surface area contributed by atoms with Crippen LogP contribution in [0.2, 0.25) is 0 Å². The number of carboxylic acids is 1. The molecule has 124 valence electrons. The van der Waals surface area contributed by atoms with E-state index in [9.17, 15) is 14.4 Å². The number of benzene rings is 1. The van der Waals surface area contributed by atoms with Crippen LogP contribution in [0.1, 0.15) is 32.1 Å². The molecule has 1 aliphatic heterocycles. The van der Waals surface area contributed by atoms with E-state index in [2.05, 4.69) is 10.6 Å². The van der Waals surface area contributed by atoms with Gasteiger partial charge in [-0.2, -0.15) is 0 Å². The lowest BCUT2D eigenvalue weighted by Crippen LogP contribution is -2.35. The molecule has 1 aromatic carbocycles. The lowest BCUT2D eigenvalue weighted by atomic mass is 10.1. The number of piperidine rings is 1. The minimum absolute atomic E-state index is 0.0207. The molecule has 0 radical (unpaired) electrons. The van der Waals surface area contributed by atoms with Crippen molar-refractivity contribution in [1.29, 1.82) is 0 Å². The zero-order valence-electron chi connectivity index (χ0n) is 12.9. The molecule has 23 heavy (non-hydrogen) atoms. The van der Waals surface area contributed by atoms with E-state index < -0.39 is 12.0 Å². The molecule has 0 bridgehead atoms. The highest BCUT2D eigenvalue weighted by atomic mass is 16.4. The Morgan fingerprint density at radius 2 is 2.09 bits per heavy atom. The van der Waals surface area contributed by atoms with Gasteiger partial charge < -0.3 is 20.6 Å². The van der Waals surface area contributed by atoms with Gasteiger partial charge in [0.1, 0.15) is 0 Å². The standard InChI is InChI=1S/C16H21N3O4/c20-14-7-1-2-10-19(14)13-6-3-5-12(11-13)18-16(23)17-9-4-8-15(21)22/h3,5-6,11H,1-2,4,7-10H2,(H,21,22)(H2,17,18,23). The fourth-order valence-corrected chi connectivity index (χ4v) is 2.45. The first-order valence-corrected chi connectivity index (χ1v) is 7.73. The van der Waals surface area contributed by atoms with Crippen molar-refractivity contribution in [2.45, 2.75) is 32.1 Å². The van der Waals surface area contributed by atoms with Crippen molar-refractivity contribution in [3.63, 3.8) is 0 Å². The predicted octanol–water partition coefficient (Wildman–Crippen LogP) is 2.19. The maximum Gasteiger partial charge on any atom is 0.319 e. The first-order valence-electron chi connectivity index (χ1n) is 7.73. The van der Waals surface area contributed by atoms with E-state index in [0.29, 0.717) is 31.6 Å². The number of nitrogens with one attached hydrogen (secondary N) is 2. The second-order valence-corrected chi connectivity index (χ2v) is 5.43. The number of urea groups is 1. The summed E-state index contributed by atoms with van der Waals surface area (Å²) in [6, 6.07) is 6.75. The van der Waals surface area contributed by atoms with E-state index in [4.69, 9.17) is 5.11 Å². The Bertz CT molecular complexity index is 588. The molecule has 3 N–H and O–H groups in total.